The van der Waals surface area contributed by atoms with Crippen LogP contribution in [0.1, 0.15) is 133 Å². The molecule has 1 saturated heterocycles. The van der Waals surface area contributed by atoms with E-state index < -0.39 is 47.9 Å². The summed E-state index contributed by atoms with van der Waals surface area (Å²) in [5, 5.41) is 14.7. The van der Waals surface area contributed by atoms with Crippen molar-refractivity contribution in [1.29, 1.82) is 0 Å². The third kappa shape index (κ3) is 15.2. The normalized spacial score (nSPS) is 17.4. The predicted molar refractivity (Wildman–Crippen MR) is 229 cm³/mol. The number of aromatic hydroxyl groups is 1. The number of phenols is 1. The number of carbonyl (C=O) groups is 6. The van der Waals surface area contributed by atoms with Crippen LogP contribution in [-0.4, -0.2) is 101 Å². The lowest BCUT2D eigenvalue weighted by atomic mass is 9.82. The molecule has 1 aromatic carbocycles. The van der Waals surface area contributed by atoms with Crippen LogP contribution < -0.4 is 16.2 Å². The van der Waals surface area contributed by atoms with E-state index in [2.05, 4.69) is 26.1 Å². The zero-order valence-electron chi connectivity index (χ0n) is 37.0. The minimum absolute atomic E-state index is 0.0206. The second kappa shape index (κ2) is 24.7. The number of carbonyl (C=O) groups excluding carboxylic acids is 6. The van der Waals surface area contributed by atoms with Gasteiger partial charge >= 0.3 is 11.9 Å². The van der Waals surface area contributed by atoms with Gasteiger partial charge in [-0.25, -0.2) is 10.4 Å². The van der Waals surface area contributed by atoms with Gasteiger partial charge in [0.15, 0.2) is 18.6 Å². The maximum absolute atomic E-state index is 14.9. The zero-order valence-corrected chi connectivity index (χ0v) is 37.8. The highest BCUT2D eigenvalue weighted by Crippen LogP contribution is 2.34. The molecule has 1 aliphatic rings. The van der Waals surface area contributed by atoms with Gasteiger partial charge in [-0.1, -0.05) is 66.5 Å². The molecular formula is C44H68N6O9S. The number of rotatable bonds is 24. The van der Waals surface area contributed by atoms with Crippen LogP contribution in [0.15, 0.2) is 29.6 Å². The summed E-state index contributed by atoms with van der Waals surface area (Å²) < 4.78 is 11.6. The standard InChI is InChI=1S/C44H68N6O9S/c1-10-14-40(54)58-26-50(44(57)34(28(5)11-2)23-38(53)36-15-12-13-20-49(36)9)37(27(3)4)24-39(59-30(7)51)43-47-35(25-60-43)42(56)46-32(21-29(6)41(55)48-45-8)22-31-16-18-33(52)19-17-31/h16-19,25,27-29,32,34,36-37,39,45,52H,10-15,20-24,26H2,1-9H3,(H,46,56)(H,48,55)/t28?,29-,32+,34-,36+,37+,39+/m0/s1. The molecule has 3 rings (SSSR count). The topological polar surface area (TPSA) is 197 Å². The van der Waals surface area contributed by atoms with E-state index in [-0.39, 0.29) is 72.9 Å². The van der Waals surface area contributed by atoms with Crippen molar-refractivity contribution in [2.75, 3.05) is 27.4 Å². The number of thiazole rings is 1. The number of likely N-dealkylation sites (tertiary alicyclic amines) is 1. The largest absolute Gasteiger partial charge is 0.508 e. The Hall–Kier alpha value is -4.41. The van der Waals surface area contributed by atoms with Crippen LogP contribution >= 0.6 is 11.3 Å². The van der Waals surface area contributed by atoms with Crippen LogP contribution in [0.3, 0.4) is 0 Å². The fourth-order valence-corrected chi connectivity index (χ4v) is 8.51. The smallest absolute Gasteiger partial charge is 0.307 e. The maximum atomic E-state index is 14.9. The number of ether oxygens (including phenoxy) is 2. The van der Waals surface area contributed by atoms with Crippen molar-refractivity contribution in [2.45, 2.75) is 137 Å². The molecule has 2 aromatic rings. The number of piperidine rings is 1. The number of hydrogen-bond acceptors (Lipinski definition) is 13. The summed E-state index contributed by atoms with van der Waals surface area (Å²) >= 11 is 1.14. The maximum Gasteiger partial charge on any atom is 0.307 e. The second-order valence-corrected chi connectivity index (χ2v) is 17.4. The van der Waals surface area contributed by atoms with Gasteiger partial charge in [0.2, 0.25) is 11.8 Å². The van der Waals surface area contributed by atoms with Crippen LogP contribution in [0.4, 0.5) is 0 Å². The van der Waals surface area contributed by atoms with Gasteiger partial charge < -0.3 is 24.8 Å². The minimum atomic E-state index is -0.972. The number of hydrogen-bond donors (Lipinski definition) is 4. The first-order chi connectivity index (χ1) is 28.5. The van der Waals surface area contributed by atoms with Gasteiger partial charge in [0.05, 0.1) is 6.04 Å². The second-order valence-electron chi connectivity index (χ2n) is 16.5. The number of phenolic OH excluding ortho intramolecular Hbond substituents is 1. The average Bonchev–Trinajstić information content (AvgIpc) is 3.70. The van der Waals surface area contributed by atoms with Gasteiger partial charge in [0.25, 0.3) is 5.91 Å². The molecule has 0 bridgehead atoms. The summed E-state index contributed by atoms with van der Waals surface area (Å²) in [4.78, 5) is 88.7. The van der Waals surface area contributed by atoms with Crippen LogP contribution in [0.25, 0.3) is 0 Å². The molecule has 0 saturated carbocycles. The van der Waals surface area contributed by atoms with E-state index in [9.17, 15) is 33.9 Å². The summed E-state index contributed by atoms with van der Waals surface area (Å²) in [5.74, 6) is -3.47. The number of amides is 3. The van der Waals surface area contributed by atoms with Gasteiger partial charge in [-0.05, 0) is 75.2 Å². The van der Waals surface area contributed by atoms with Crippen LogP contribution in [0.2, 0.25) is 0 Å². The lowest BCUT2D eigenvalue weighted by Gasteiger charge is -2.39. The zero-order chi connectivity index (χ0) is 44.5. The quantitative estimate of drug-likeness (QED) is 0.0571. The van der Waals surface area contributed by atoms with Crippen molar-refractivity contribution < 1.29 is 43.3 Å². The van der Waals surface area contributed by atoms with Gasteiger partial charge in [-0.2, -0.15) is 0 Å². The SMILES string of the molecule is CCCC(=O)OCN(C(=O)[C@@H](CC(=O)[C@H]1CCCCN1C)C(C)CC)[C@H](C[C@@H](OC(C)=O)c1nc(C(=O)N[C@@H](Cc2ccc(O)cc2)C[C@H](C)C(=O)NNC)cs1)C(C)C. The lowest BCUT2D eigenvalue weighted by molar-refractivity contribution is -0.161. The van der Waals surface area contributed by atoms with Crippen molar-refractivity contribution in [1.82, 2.24) is 31.0 Å². The van der Waals surface area contributed by atoms with Gasteiger partial charge in [-0.15, -0.1) is 11.3 Å². The molecule has 0 aliphatic carbocycles. The Morgan fingerprint density at radius 2 is 1.73 bits per heavy atom. The monoisotopic (exact) mass is 856 g/mol. The summed E-state index contributed by atoms with van der Waals surface area (Å²) in [5.41, 5.74) is 6.14. The summed E-state index contributed by atoms with van der Waals surface area (Å²) in [6.45, 7) is 13.2. The third-order valence-electron chi connectivity index (χ3n) is 11.4. The Kier molecular flexibility index (Phi) is 20.6. The number of nitrogens with one attached hydrogen (secondary N) is 3. The molecule has 0 spiro atoms. The Labute approximate surface area is 359 Å². The van der Waals surface area contributed by atoms with E-state index in [1.165, 1.54) is 11.8 Å². The van der Waals surface area contributed by atoms with Crippen LogP contribution in [-0.2, 0) is 39.9 Å². The van der Waals surface area contributed by atoms with Gasteiger partial charge in [0.1, 0.15) is 16.5 Å². The molecule has 1 unspecified atom stereocenters. The Balaban J connectivity index is 1.95. The molecule has 60 heavy (non-hydrogen) atoms. The molecule has 1 aliphatic heterocycles. The molecule has 16 heteroatoms. The van der Waals surface area contributed by atoms with Crippen molar-refractivity contribution in [3.8, 4) is 5.75 Å². The highest BCUT2D eigenvalue weighted by Gasteiger charge is 2.39. The highest BCUT2D eigenvalue weighted by molar-refractivity contribution is 7.09. The molecule has 1 fully saturated rings. The number of Topliss-reactive ketones (excluding diaryl/α,β-unsaturated/α-hetero) is 1. The first-order valence-electron chi connectivity index (χ1n) is 21.4. The molecule has 0 radical (unpaired) electrons. The van der Waals surface area contributed by atoms with E-state index in [0.717, 1.165) is 42.7 Å². The first kappa shape index (κ1) is 49.9. The van der Waals surface area contributed by atoms with Gasteiger partial charge in [0, 0.05) is 62.5 Å². The van der Waals surface area contributed by atoms with Gasteiger partial charge in [-0.3, -0.25) is 39.1 Å². The number of nitrogens with zero attached hydrogens (tertiary/aromatic N) is 3. The highest BCUT2D eigenvalue weighted by atomic mass is 32.1. The first-order valence-corrected chi connectivity index (χ1v) is 22.2. The van der Waals surface area contributed by atoms with E-state index in [0.29, 0.717) is 30.7 Å². The molecule has 2 heterocycles. The van der Waals surface area contributed by atoms with Crippen LogP contribution in [0, 0.1) is 23.7 Å². The number of aromatic nitrogens is 1. The van der Waals surface area contributed by atoms with Crippen LogP contribution in [0.5, 0.6) is 5.75 Å². The lowest BCUT2D eigenvalue weighted by Crippen LogP contribution is -2.50. The number of hydrazine groups is 1. The Bertz CT molecular complexity index is 1720. The molecule has 7 atom stereocenters. The van der Waals surface area contributed by atoms with Crippen molar-refractivity contribution in [2.24, 2.45) is 23.7 Å². The summed E-state index contributed by atoms with van der Waals surface area (Å²) in [6.07, 6.45) is 3.94. The fourth-order valence-electron chi connectivity index (χ4n) is 7.67. The fraction of sp³-hybridized carbons (Fsp3) is 0.659. The number of benzene rings is 1. The third-order valence-corrected chi connectivity index (χ3v) is 12.3. The molecule has 334 valence electrons. The average molecular weight is 857 g/mol. The summed E-state index contributed by atoms with van der Waals surface area (Å²) in [6, 6.07) is 5.24. The number of ketones is 1. The molecular weight excluding hydrogens is 789 g/mol. The van der Waals surface area contributed by atoms with E-state index in [4.69, 9.17) is 9.47 Å². The van der Waals surface area contributed by atoms with E-state index >= 15 is 0 Å². The molecule has 3 amide bonds. The van der Waals surface area contributed by atoms with Crippen molar-refractivity contribution in [3.05, 3.63) is 45.9 Å². The number of likely N-dealkylation sites (N-methyl/N-ethyl adjacent to an activating group) is 1. The summed E-state index contributed by atoms with van der Waals surface area (Å²) in [7, 11) is 3.54. The Morgan fingerprint density at radius 1 is 1.03 bits per heavy atom. The van der Waals surface area contributed by atoms with E-state index in [1.807, 2.05) is 41.7 Å². The molecule has 15 nitrogen and oxygen atoms in total. The van der Waals surface area contributed by atoms with Crippen molar-refractivity contribution >= 4 is 46.8 Å². The minimum Gasteiger partial charge on any atom is -0.508 e. The van der Waals surface area contributed by atoms with E-state index in [1.54, 1.807) is 43.6 Å². The van der Waals surface area contributed by atoms with Crippen molar-refractivity contribution in [3.63, 3.8) is 0 Å². The predicted octanol–water partition coefficient (Wildman–Crippen LogP) is 5.72. The molecule has 4 N–H and O–H groups in total. The number of esters is 2. The Morgan fingerprint density at radius 3 is 2.33 bits per heavy atom. The molecule has 1 aromatic heterocycles.